The largest absolute Gasteiger partial charge is 0.480 e. The lowest BCUT2D eigenvalue weighted by atomic mass is 9.96. The fraction of sp³-hybridized carbons (Fsp3) is 0.917. The SMILES string of the molecule is CCNC(C)(CCCOCCOCC)C(=O)O. The molecule has 2 N–H and O–H groups in total. The van der Waals surface area contributed by atoms with Crippen LogP contribution < -0.4 is 5.32 Å². The highest BCUT2D eigenvalue weighted by atomic mass is 16.5. The van der Waals surface area contributed by atoms with Crippen LogP contribution in [-0.4, -0.2) is 49.6 Å². The van der Waals surface area contributed by atoms with Gasteiger partial charge in [-0.3, -0.25) is 4.79 Å². The Morgan fingerprint density at radius 3 is 2.41 bits per heavy atom. The number of aliphatic carboxylic acids is 1. The third-order valence-electron chi connectivity index (χ3n) is 2.58. The Kier molecular flexibility index (Phi) is 9.03. The summed E-state index contributed by atoms with van der Waals surface area (Å²) in [5, 5.41) is 12.1. The molecule has 0 amide bonds. The molecule has 1 atom stereocenters. The molecule has 0 aromatic heterocycles. The lowest BCUT2D eigenvalue weighted by Crippen LogP contribution is -2.49. The molecule has 5 nitrogen and oxygen atoms in total. The molecule has 0 bridgehead atoms. The smallest absolute Gasteiger partial charge is 0.323 e. The quantitative estimate of drug-likeness (QED) is 0.538. The minimum atomic E-state index is -0.849. The average molecular weight is 247 g/mol. The minimum absolute atomic E-state index is 0.560. The van der Waals surface area contributed by atoms with Crippen molar-refractivity contribution in [3.63, 3.8) is 0 Å². The topological polar surface area (TPSA) is 67.8 Å². The molecule has 0 aliphatic rings. The number of carboxylic acids is 1. The number of likely N-dealkylation sites (N-methyl/N-ethyl adjacent to an activating group) is 1. The third-order valence-corrected chi connectivity index (χ3v) is 2.58. The monoisotopic (exact) mass is 247 g/mol. The maximum absolute atomic E-state index is 11.1. The van der Waals surface area contributed by atoms with Gasteiger partial charge in [-0.15, -0.1) is 0 Å². The van der Waals surface area contributed by atoms with Gasteiger partial charge in [0.05, 0.1) is 13.2 Å². The van der Waals surface area contributed by atoms with E-state index >= 15 is 0 Å². The number of carbonyl (C=O) groups is 1. The predicted molar refractivity (Wildman–Crippen MR) is 66.3 cm³/mol. The van der Waals surface area contributed by atoms with E-state index in [4.69, 9.17) is 14.6 Å². The first-order valence-corrected chi connectivity index (χ1v) is 6.20. The Labute approximate surface area is 103 Å². The van der Waals surface area contributed by atoms with Gasteiger partial charge in [0, 0.05) is 13.2 Å². The van der Waals surface area contributed by atoms with Gasteiger partial charge in [0.2, 0.25) is 0 Å². The average Bonchev–Trinajstić information content (AvgIpc) is 2.28. The van der Waals surface area contributed by atoms with Crippen LogP contribution in [-0.2, 0) is 14.3 Å². The van der Waals surface area contributed by atoms with Crippen LogP contribution in [0, 0.1) is 0 Å². The summed E-state index contributed by atoms with van der Waals surface area (Å²) in [6.45, 7) is 8.63. The van der Waals surface area contributed by atoms with E-state index in [1.165, 1.54) is 0 Å². The number of rotatable bonds is 11. The summed E-state index contributed by atoms with van der Waals surface area (Å²) >= 11 is 0. The Bertz CT molecular complexity index is 211. The number of hydrogen-bond donors (Lipinski definition) is 2. The van der Waals surface area contributed by atoms with Crippen LogP contribution in [0.25, 0.3) is 0 Å². The summed E-state index contributed by atoms with van der Waals surface area (Å²) in [7, 11) is 0. The zero-order valence-electron chi connectivity index (χ0n) is 11.1. The van der Waals surface area contributed by atoms with Crippen LogP contribution in [0.1, 0.15) is 33.6 Å². The molecule has 0 radical (unpaired) electrons. The van der Waals surface area contributed by atoms with Crippen molar-refractivity contribution in [1.82, 2.24) is 5.32 Å². The summed E-state index contributed by atoms with van der Waals surface area (Å²) < 4.78 is 10.5. The highest BCUT2D eigenvalue weighted by Crippen LogP contribution is 2.12. The van der Waals surface area contributed by atoms with E-state index in [0.29, 0.717) is 39.4 Å². The first kappa shape index (κ1) is 16.4. The molecule has 17 heavy (non-hydrogen) atoms. The third kappa shape index (κ3) is 7.31. The van der Waals surface area contributed by atoms with Crippen molar-refractivity contribution in [2.24, 2.45) is 0 Å². The van der Waals surface area contributed by atoms with E-state index < -0.39 is 11.5 Å². The Morgan fingerprint density at radius 1 is 1.24 bits per heavy atom. The predicted octanol–water partition coefficient (Wildman–Crippen LogP) is 1.27. The van der Waals surface area contributed by atoms with Crippen molar-refractivity contribution in [2.75, 3.05) is 33.0 Å². The van der Waals surface area contributed by atoms with Gasteiger partial charge >= 0.3 is 5.97 Å². The molecule has 0 aromatic rings. The summed E-state index contributed by atoms with van der Waals surface area (Å²) in [5.74, 6) is -0.811. The second-order valence-electron chi connectivity index (χ2n) is 4.08. The molecular formula is C12H25NO4. The lowest BCUT2D eigenvalue weighted by Gasteiger charge is -2.25. The molecule has 5 heteroatoms. The van der Waals surface area contributed by atoms with Gasteiger partial charge in [0.25, 0.3) is 0 Å². The van der Waals surface area contributed by atoms with Crippen molar-refractivity contribution >= 4 is 5.97 Å². The maximum Gasteiger partial charge on any atom is 0.323 e. The van der Waals surface area contributed by atoms with Crippen molar-refractivity contribution in [3.8, 4) is 0 Å². The first-order valence-electron chi connectivity index (χ1n) is 6.20. The minimum Gasteiger partial charge on any atom is -0.480 e. The van der Waals surface area contributed by atoms with E-state index in [0.717, 1.165) is 6.42 Å². The van der Waals surface area contributed by atoms with Crippen molar-refractivity contribution in [2.45, 2.75) is 39.2 Å². The molecule has 0 aromatic carbocycles. The Balaban J connectivity index is 3.65. The zero-order valence-corrected chi connectivity index (χ0v) is 11.1. The van der Waals surface area contributed by atoms with E-state index in [9.17, 15) is 4.79 Å². The fourth-order valence-electron chi connectivity index (χ4n) is 1.55. The number of nitrogens with one attached hydrogen (secondary N) is 1. The molecule has 0 heterocycles. The summed E-state index contributed by atoms with van der Waals surface area (Å²) in [6.07, 6.45) is 1.28. The number of hydrogen-bond acceptors (Lipinski definition) is 4. The Hall–Kier alpha value is -0.650. The van der Waals surface area contributed by atoms with Gasteiger partial charge in [-0.2, -0.15) is 0 Å². The number of carboxylic acid groups (broad SMARTS) is 1. The summed E-state index contributed by atoms with van der Waals surface area (Å²) in [6, 6.07) is 0. The van der Waals surface area contributed by atoms with Crippen LogP contribution in [0.5, 0.6) is 0 Å². The van der Waals surface area contributed by atoms with Gasteiger partial charge in [0.1, 0.15) is 5.54 Å². The van der Waals surface area contributed by atoms with Crippen LogP contribution >= 0.6 is 0 Å². The highest BCUT2D eigenvalue weighted by molar-refractivity contribution is 5.78. The van der Waals surface area contributed by atoms with Crippen molar-refractivity contribution in [3.05, 3.63) is 0 Å². The zero-order chi connectivity index (χ0) is 13.1. The molecule has 1 unspecified atom stereocenters. The fourth-order valence-corrected chi connectivity index (χ4v) is 1.55. The van der Waals surface area contributed by atoms with E-state index in [1.807, 2.05) is 13.8 Å². The molecule has 0 saturated carbocycles. The number of ether oxygens (including phenoxy) is 2. The van der Waals surface area contributed by atoms with Crippen LogP contribution in [0.4, 0.5) is 0 Å². The van der Waals surface area contributed by atoms with E-state index in [1.54, 1.807) is 6.92 Å². The molecule has 0 aliphatic heterocycles. The van der Waals surface area contributed by atoms with Crippen LogP contribution in [0.2, 0.25) is 0 Å². The highest BCUT2D eigenvalue weighted by Gasteiger charge is 2.30. The normalized spacial score (nSPS) is 14.5. The molecule has 0 fully saturated rings. The molecule has 0 aliphatic carbocycles. The summed E-state index contributed by atoms with van der Waals surface area (Å²) in [5.41, 5.74) is -0.849. The first-order chi connectivity index (χ1) is 8.06. The van der Waals surface area contributed by atoms with Gasteiger partial charge < -0.3 is 19.9 Å². The Morgan fingerprint density at radius 2 is 1.88 bits per heavy atom. The van der Waals surface area contributed by atoms with Crippen LogP contribution in [0.15, 0.2) is 0 Å². The lowest BCUT2D eigenvalue weighted by molar-refractivity contribution is -0.144. The van der Waals surface area contributed by atoms with E-state index in [-0.39, 0.29) is 0 Å². The second-order valence-corrected chi connectivity index (χ2v) is 4.08. The second kappa shape index (κ2) is 9.39. The van der Waals surface area contributed by atoms with Gasteiger partial charge in [0.15, 0.2) is 0 Å². The van der Waals surface area contributed by atoms with Gasteiger partial charge in [-0.25, -0.2) is 0 Å². The standard InChI is InChI=1S/C12H25NO4/c1-4-13-12(3,11(14)15)7-6-8-17-10-9-16-5-2/h13H,4-10H2,1-3H3,(H,14,15). The van der Waals surface area contributed by atoms with Crippen molar-refractivity contribution in [1.29, 1.82) is 0 Å². The molecule has 0 rings (SSSR count). The maximum atomic E-state index is 11.1. The van der Waals surface area contributed by atoms with Gasteiger partial charge in [-0.1, -0.05) is 6.92 Å². The molecule has 0 spiro atoms. The summed E-state index contributed by atoms with van der Waals surface area (Å²) in [4.78, 5) is 11.1. The van der Waals surface area contributed by atoms with E-state index in [2.05, 4.69) is 5.32 Å². The molecular weight excluding hydrogens is 222 g/mol. The van der Waals surface area contributed by atoms with Crippen molar-refractivity contribution < 1.29 is 19.4 Å². The molecule has 102 valence electrons. The van der Waals surface area contributed by atoms with Crippen LogP contribution in [0.3, 0.4) is 0 Å². The van der Waals surface area contributed by atoms with Gasteiger partial charge in [-0.05, 0) is 33.2 Å². The molecule has 0 saturated heterocycles.